The van der Waals surface area contributed by atoms with Gasteiger partial charge in [-0.05, 0) is 37.0 Å². The molecule has 1 aromatic carbocycles. The number of aromatic nitrogens is 3. The molecule has 9 heteroatoms. The largest absolute Gasteiger partial charge is 0.408 e. The molecule has 3 N–H and O–H groups in total. The molecule has 0 aliphatic heterocycles. The number of benzene rings is 1. The van der Waals surface area contributed by atoms with E-state index in [4.69, 9.17) is 17.3 Å². The van der Waals surface area contributed by atoms with Gasteiger partial charge in [0.05, 0.1) is 6.10 Å². The van der Waals surface area contributed by atoms with Crippen LogP contribution in [0, 0.1) is 0 Å². The lowest BCUT2D eigenvalue weighted by atomic mass is 9.83. The molecule has 0 amide bonds. The highest BCUT2D eigenvalue weighted by molar-refractivity contribution is 6.30. The zero-order valence-electron chi connectivity index (χ0n) is 14.0. The molecule has 5 nitrogen and oxygen atoms in total. The van der Waals surface area contributed by atoms with Crippen LogP contribution in [0.1, 0.15) is 42.4 Å². The van der Waals surface area contributed by atoms with Crippen molar-refractivity contribution < 1.29 is 18.3 Å². The molecule has 0 bridgehead atoms. The van der Waals surface area contributed by atoms with Gasteiger partial charge < -0.3 is 10.8 Å². The maximum atomic E-state index is 12.9. The predicted octanol–water partition coefficient (Wildman–Crippen LogP) is 3.04. The molecule has 1 saturated carbocycles. The third-order valence-electron chi connectivity index (χ3n) is 4.55. The van der Waals surface area contributed by atoms with Crippen molar-refractivity contribution in [2.24, 2.45) is 5.73 Å². The van der Waals surface area contributed by atoms with Crippen LogP contribution in [-0.2, 0) is 13.0 Å². The lowest BCUT2D eigenvalue weighted by Crippen LogP contribution is -2.40. The van der Waals surface area contributed by atoms with E-state index in [0.717, 1.165) is 10.2 Å². The van der Waals surface area contributed by atoms with E-state index in [9.17, 15) is 18.3 Å². The van der Waals surface area contributed by atoms with E-state index in [1.807, 2.05) is 6.07 Å². The van der Waals surface area contributed by atoms with E-state index in [-0.39, 0.29) is 11.7 Å². The van der Waals surface area contributed by atoms with Crippen LogP contribution in [-0.4, -0.2) is 38.2 Å². The molecule has 0 saturated heterocycles. The van der Waals surface area contributed by atoms with Crippen molar-refractivity contribution in [2.45, 2.75) is 56.5 Å². The van der Waals surface area contributed by atoms with Gasteiger partial charge in [0.1, 0.15) is 12.4 Å². The second-order valence-electron chi connectivity index (χ2n) is 6.71. The van der Waals surface area contributed by atoms with Crippen LogP contribution in [0.5, 0.6) is 0 Å². The summed E-state index contributed by atoms with van der Waals surface area (Å²) in [6.07, 6.45) is -3.38. The molecule has 1 aromatic heterocycles. The van der Waals surface area contributed by atoms with E-state index in [1.54, 1.807) is 18.2 Å². The molecule has 142 valence electrons. The lowest BCUT2D eigenvalue weighted by molar-refractivity contribution is -0.143. The Morgan fingerprint density at radius 2 is 2.08 bits per heavy atom. The highest BCUT2D eigenvalue weighted by Crippen LogP contribution is 2.32. The van der Waals surface area contributed by atoms with Crippen LogP contribution >= 0.6 is 11.6 Å². The first kappa shape index (κ1) is 19.1. The molecule has 2 aromatic rings. The van der Waals surface area contributed by atoms with Gasteiger partial charge in [0.25, 0.3) is 0 Å². The summed E-state index contributed by atoms with van der Waals surface area (Å²) >= 11 is 5.95. The van der Waals surface area contributed by atoms with Crippen molar-refractivity contribution in [1.29, 1.82) is 0 Å². The number of hydrogen-bond donors (Lipinski definition) is 2. The third-order valence-corrected chi connectivity index (χ3v) is 4.79. The topological polar surface area (TPSA) is 77.0 Å². The van der Waals surface area contributed by atoms with Gasteiger partial charge in [-0.3, -0.25) is 0 Å². The minimum atomic E-state index is -4.40. The Bertz CT molecular complexity index is 765. The molecule has 0 unspecified atom stereocenters. The summed E-state index contributed by atoms with van der Waals surface area (Å²) in [5, 5.41) is 14.4. The second-order valence-corrected chi connectivity index (χ2v) is 7.14. The number of hydrogen-bond acceptors (Lipinski definition) is 4. The normalized spacial score (nSPS) is 24.0. The molecular weight excluding hydrogens is 369 g/mol. The van der Waals surface area contributed by atoms with Gasteiger partial charge in [-0.1, -0.05) is 23.7 Å². The van der Waals surface area contributed by atoms with Gasteiger partial charge in [0.2, 0.25) is 0 Å². The Balaban J connectivity index is 1.87. The Morgan fingerprint density at radius 3 is 2.73 bits per heavy atom. The fourth-order valence-corrected chi connectivity index (χ4v) is 3.53. The summed E-state index contributed by atoms with van der Waals surface area (Å²) in [4.78, 5) is 4.37. The number of alkyl halides is 3. The number of aliphatic hydroxyl groups is 1. The highest BCUT2D eigenvalue weighted by atomic mass is 35.5. The van der Waals surface area contributed by atoms with Crippen molar-refractivity contribution >= 4 is 11.6 Å². The number of halogens is 4. The first-order chi connectivity index (χ1) is 12.2. The Kier molecular flexibility index (Phi) is 5.55. The SMILES string of the molecule is N[C@@H]1C[C@@H](c2nc(Cc3cccc(Cl)c3)nn2CC(F)(F)F)CC[C@H]1O. The molecule has 0 spiro atoms. The Labute approximate surface area is 154 Å². The zero-order chi connectivity index (χ0) is 18.9. The first-order valence-electron chi connectivity index (χ1n) is 8.40. The first-order valence-corrected chi connectivity index (χ1v) is 8.77. The number of nitrogens with two attached hydrogens (primary N) is 1. The summed E-state index contributed by atoms with van der Waals surface area (Å²) in [5.74, 6) is 0.337. The number of aliphatic hydroxyl groups excluding tert-OH is 1. The standard InChI is InChI=1S/C17H20ClF3N4O/c18-12-3-1-2-10(6-12)7-15-23-16(25(24-15)9-17(19,20)21)11-4-5-14(26)13(22)8-11/h1-3,6,11,13-14,26H,4-5,7-9,22H2/t11-,13+,14+/m0/s1. The van der Waals surface area contributed by atoms with Crippen molar-refractivity contribution in [3.05, 3.63) is 46.5 Å². The summed E-state index contributed by atoms with van der Waals surface area (Å²) in [7, 11) is 0. The predicted molar refractivity (Wildman–Crippen MR) is 90.9 cm³/mol. The van der Waals surface area contributed by atoms with Crippen LogP contribution in [0.15, 0.2) is 24.3 Å². The van der Waals surface area contributed by atoms with Gasteiger partial charge in [0, 0.05) is 23.4 Å². The van der Waals surface area contributed by atoms with E-state index in [0.29, 0.717) is 36.5 Å². The zero-order valence-corrected chi connectivity index (χ0v) is 14.7. The second kappa shape index (κ2) is 7.54. The van der Waals surface area contributed by atoms with Crippen LogP contribution < -0.4 is 5.73 Å². The molecule has 1 heterocycles. The van der Waals surface area contributed by atoms with E-state index >= 15 is 0 Å². The summed E-state index contributed by atoms with van der Waals surface area (Å²) in [6, 6.07) is 6.58. The van der Waals surface area contributed by atoms with Crippen molar-refractivity contribution in [3.8, 4) is 0 Å². The van der Waals surface area contributed by atoms with Gasteiger partial charge in [-0.25, -0.2) is 9.67 Å². The maximum Gasteiger partial charge on any atom is 0.408 e. The molecule has 1 fully saturated rings. The molecule has 0 radical (unpaired) electrons. The quantitative estimate of drug-likeness (QED) is 0.844. The average Bonchev–Trinajstić information content (AvgIpc) is 2.90. The molecule has 26 heavy (non-hydrogen) atoms. The van der Waals surface area contributed by atoms with Gasteiger partial charge in [-0.15, -0.1) is 0 Å². The number of nitrogens with zero attached hydrogens (tertiary/aromatic N) is 3. The van der Waals surface area contributed by atoms with Gasteiger partial charge in [0.15, 0.2) is 5.82 Å². The maximum absolute atomic E-state index is 12.9. The molecular formula is C17H20ClF3N4O. The Hall–Kier alpha value is -1.64. The lowest BCUT2D eigenvalue weighted by Gasteiger charge is -2.30. The van der Waals surface area contributed by atoms with E-state index in [2.05, 4.69) is 10.1 Å². The van der Waals surface area contributed by atoms with Crippen LogP contribution in [0.25, 0.3) is 0 Å². The Morgan fingerprint density at radius 1 is 1.31 bits per heavy atom. The third kappa shape index (κ3) is 4.75. The monoisotopic (exact) mass is 388 g/mol. The smallest absolute Gasteiger partial charge is 0.392 e. The minimum absolute atomic E-state index is 0.253. The summed E-state index contributed by atoms with van der Waals surface area (Å²) < 4.78 is 39.8. The summed E-state index contributed by atoms with van der Waals surface area (Å²) in [6.45, 7) is -1.20. The van der Waals surface area contributed by atoms with E-state index < -0.39 is 24.9 Å². The van der Waals surface area contributed by atoms with E-state index in [1.165, 1.54) is 0 Å². The van der Waals surface area contributed by atoms with Gasteiger partial charge in [-0.2, -0.15) is 18.3 Å². The summed E-state index contributed by atoms with van der Waals surface area (Å²) in [5.41, 5.74) is 6.71. The van der Waals surface area contributed by atoms with Crippen LogP contribution in [0.3, 0.4) is 0 Å². The van der Waals surface area contributed by atoms with Crippen LogP contribution in [0.4, 0.5) is 13.2 Å². The van der Waals surface area contributed by atoms with Crippen molar-refractivity contribution in [1.82, 2.24) is 14.8 Å². The fourth-order valence-electron chi connectivity index (χ4n) is 3.32. The van der Waals surface area contributed by atoms with Crippen molar-refractivity contribution in [2.75, 3.05) is 0 Å². The van der Waals surface area contributed by atoms with Crippen molar-refractivity contribution in [3.63, 3.8) is 0 Å². The minimum Gasteiger partial charge on any atom is -0.392 e. The fraction of sp³-hybridized carbons (Fsp3) is 0.529. The van der Waals surface area contributed by atoms with Crippen LogP contribution in [0.2, 0.25) is 5.02 Å². The highest BCUT2D eigenvalue weighted by Gasteiger charge is 2.35. The number of rotatable bonds is 4. The molecule has 1 aliphatic carbocycles. The average molecular weight is 389 g/mol. The molecule has 3 rings (SSSR count). The van der Waals surface area contributed by atoms with Gasteiger partial charge >= 0.3 is 6.18 Å². The molecule has 3 atom stereocenters. The molecule has 1 aliphatic rings.